The van der Waals surface area contributed by atoms with Crippen molar-refractivity contribution < 1.29 is 70.6 Å². The van der Waals surface area contributed by atoms with Crippen LogP contribution in [0.15, 0.2) is 0 Å². The van der Waals surface area contributed by atoms with Crippen LogP contribution in [0.5, 0.6) is 0 Å². The first-order valence-corrected chi connectivity index (χ1v) is 6.03. The van der Waals surface area contributed by atoms with E-state index in [2.05, 4.69) is 4.74 Å². The van der Waals surface area contributed by atoms with Gasteiger partial charge in [0.15, 0.2) is 0 Å². The maximum atomic E-state index is 13.8. The predicted molar refractivity (Wildman–Crippen MR) is 50.1 cm³/mol. The van der Waals surface area contributed by atoms with E-state index in [4.69, 9.17) is 0 Å². The van der Waals surface area contributed by atoms with Crippen LogP contribution in [-0.2, 0) is 4.74 Å². The standard InChI is InChI=1S/C10H5F15O/c11-4(12,1-3-2-26-3)5(13,9(20,21)22)6(14,15)7(16,17)8(18,19)10(23,24)25/h3H,1-2H2. The van der Waals surface area contributed by atoms with Crippen LogP contribution in [0.25, 0.3) is 0 Å². The van der Waals surface area contributed by atoms with Crippen LogP contribution in [0.3, 0.4) is 0 Å². The van der Waals surface area contributed by atoms with Crippen LogP contribution in [0, 0.1) is 0 Å². The summed E-state index contributed by atoms with van der Waals surface area (Å²) in [4.78, 5) is 0. The van der Waals surface area contributed by atoms with Gasteiger partial charge in [-0.25, -0.2) is 13.2 Å². The van der Waals surface area contributed by atoms with Crippen LogP contribution < -0.4 is 0 Å². The zero-order chi connectivity index (χ0) is 21.2. The van der Waals surface area contributed by atoms with E-state index in [1.807, 2.05) is 0 Å². The first kappa shape index (κ1) is 23.0. The monoisotopic (exact) mass is 426 g/mol. The smallest absolute Gasteiger partial charge is 0.373 e. The minimum Gasteiger partial charge on any atom is -0.373 e. The average Bonchev–Trinajstić information content (AvgIpc) is 3.17. The fourth-order valence-electron chi connectivity index (χ4n) is 1.82. The Hall–Kier alpha value is -1.09. The molecule has 0 bridgehead atoms. The average molecular weight is 426 g/mol. The molecule has 1 heterocycles. The Morgan fingerprint density at radius 1 is 0.577 bits per heavy atom. The van der Waals surface area contributed by atoms with Crippen molar-refractivity contribution in [3.63, 3.8) is 0 Å². The van der Waals surface area contributed by atoms with Crippen LogP contribution >= 0.6 is 0 Å². The largest absolute Gasteiger partial charge is 0.460 e. The Kier molecular flexibility index (Phi) is 5.03. The zero-order valence-electron chi connectivity index (χ0n) is 11.6. The molecule has 2 atom stereocenters. The SMILES string of the molecule is FC(F)(F)C(F)(F)C(F)(F)C(F)(F)C(F)(C(F)(F)F)C(F)(F)CC1CO1. The van der Waals surface area contributed by atoms with E-state index in [0.717, 1.165) is 0 Å². The third-order valence-electron chi connectivity index (χ3n) is 3.36. The van der Waals surface area contributed by atoms with E-state index >= 15 is 0 Å². The summed E-state index contributed by atoms with van der Waals surface area (Å²) >= 11 is 0. The van der Waals surface area contributed by atoms with Gasteiger partial charge in [0.05, 0.1) is 12.7 Å². The molecule has 0 amide bonds. The number of alkyl halides is 15. The second-order valence-electron chi connectivity index (χ2n) is 5.24. The lowest BCUT2D eigenvalue weighted by molar-refractivity contribution is -0.453. The van der Waals surface area contributed by atoms with Gasteiger partial charge in [0.2, 0.25) is 0 Å². The summed E-state index contributed by atoms with van der Waals surface area (Å²) in [6.45, 7) is -0.829. The van der Waals surface area contributed by atoms with Crippen molar-refractivity contribution in [3.8, 4) is 0 Å². The van der Waals surface area contributed by atoms with Gasteiger partial charge in [0, 0.05) is 6.42 Å². The van der Waals surface area contributed by atoms with Crippen molar-refractivity contribution in [2.45, 2.75) is 54.2 Å². The van der Waals surface area contributed by atoms with Crippen molar-refractivity contribution in [3.05, 3.63) is 0 Å². The highest BCUT2D eigenvalue weighted by Crippen LogP contribution is 2.64. The topological polar surface area (TPSA) is 12.5 Å². The molecule has 1 aliphatic rings. The van der Waals surface area contributed by atoms with Gasteiger partial charge in [0.1, 0.15) is 0 Å². The van der Waals surface area contributed by atoms with Gasteiger partial charge in [-0.15, -0.1) is 0 Å². The molecule has 0 aromatic heterocycles. The molecule has 156 valence electrons. The van der Waals surface area contributed by atoms with Crippen molar-refractivity contribution >= 4 is 0 Å². The normalized spacial score (nSPS) is 23.0. The van der Waals surface area contributed by atoms with Crippen LogP contribution in [0.4, 0.5) is 65.9 Å². The fraction of sp³-hybridized carbons (Fsp3) is 1.00. The quantitative estimate of drug-likeness (QED) is 0.423. The lowest BCUT2D eigenvalue weighted by Crippen LogP contribution is -2.75. The maximum Gasteiger partial charge on any atom is 0.460 e. The Labute approximate surface area is 133 Å². The predicted octanol–water partition coefficient (Wildman–Crippen LogP) is 5.15. The summed E-state index contributed by atoms with van der Waals surface area (Å²) in [6.07, 6.45) is -19.9. The molecule has 16 heteroatoms. The number of epoxide rings is 1. The summed E-state index contributed by atoms with van der Waals surface area (Å²) in [6, 6.07) is 0. The fourth-order valence-corrected chi connectivity index (χ4v) is 1.82. The summed E-state index contributed by atoms with van der Waals surface area (Å²) < 4.78 is 196. The molecule has 0 saturated carbocycles. The van der Waals surface area contributed by atoms with Gasteiger partial charge >= 0.3 is 35.8 Å². The molecule has 1 fully saturated rings. The Balaban J connectivity index is 3.63. The minimum atomic E-state index is -8.23. The number of hydrogen-bond donors (Lipinski definition) is 0. The van der Waals surface area contributed by atoms with Gasteiger partial charge in [-0.2, -0.15) is 52.7 Å². The second-order valence-corrected chi connectivity index (χ2v) is 5.24. The van der Waals surface area contributed by atoms with Crippen molar-refractivity contribution in [1.29, 1.82) is 0 Å². The van der Waals surface area contributed by atoms with Crippen molar-refractivity contribution in [1.82, 2.24) is 0 Å². The van der Waals surface area contributed by atoms with E-state index in [-0.39, 0.29) is 0 Å². The summed E-state index contributed by atoms with van der Waals surface area (Å²) in [5.74, 6) is -31.0. The third-order valence-corrected chi connectivity index (χ3v) is 3.36. The summed E-state index contributed by atoms with van der Waals surface area (Å²) in [5.41, 5.74) is -7.77. The Morgan fingerprint density at radius 3 is 1.23 bits per heavy atom. The molecule has 1 rings (SSSR count). The molecule has 0 aliphatic carbocycles. The van der Waals surface area contributed by atoms with Gasteiger partial charge in [-0.3, -0.25) is 0 Å². The molecule has 1 nitrogen and oxygen atoms in total. The first-order valence-electron chi connectivity index (χ1n) is 6.03. The zero-order valence-corrected chi connectivity index (χ0v) is 11.6. The Morgan fingerprint density at radius 2 is 0.962 bits per heavy atom. The lowest BCUT2D eigenvalue weighted by Gasteiger charge is -2.44. The van der Waals surface area contributed by atoms with E-state index in [1.165, 1.54) is 0 Å². The first-order chi connectivity index (χ1) is 11.1. The van der Waals surface area contributed by atoms with E-state index in [1.54, 1.807) is 0 Å². The minimum absolute atomic E-state index is 0.829. The molecule has 1 aliphatic heterocycles. The molecule has 0 radical (unpaired) electrons. The number of rotatable bonds is 6. The third kappa shape index (κ3) is 2.96. The molecule has 0 N–H and O–H groups in total. The summed E-state index contributed by atoms with van der Waals surface area (Å²) in [7, 11) is 0. The van der Waals surface area contributed by atoms with Gasteiger partial charge in [-0.1, -0.05) is 0 Å². The molecule has 0 aromatic rings. The maximum absolute atomic E-state index is 13.8. The highest BCUT2D eigenvalue weighted by molar-refractivity contribution is 5.18. The second kappa shape index (κ2) is 5.70. The number of ether oxygens (including phenoxy) is 1. The molecule has 1 saturated heterocycles. The Bertz CT molecular complexity index is 528. The van der Waals surface area contributed by atoms with Crippen LogP contribution in [-0.4, -0.2) is 54.4 Å². The van der Waals surface area contributed by atoms with Crippen molar-refractivity contribution in [2.75, 3.05) is 6.61 Å². The van der Waals surface area contributed by atoms with E-state index in [9.17, 15) is 65.9 Å². The number of halogens is 15. The molecule has 26 heavy (non-hydrogen) atoms. The highest BCUT2D eigenvalue weighted by Gasteiger charge is 2.95. The van der Waals surface area contributed by atoms with Gasteiger partial charge < -0.3 is 4.74 Å². The molecule has 0 spiro atoms. The van der Waals surface area contributed by atoms with Gasteiger partial charge in [-0.05, 0) is 0 Å². The van der Waals surface area contributed by atoms with Crippen molar-refractivity contribution in [2.24, 2.45) is 0 Å². The lowest BCUT2D eigenvalue weighted by atomic mass is 9.81. The molecule has 0 aromatic carbocycles. The highest BCUT2D eigenvalue weighted by atomic mass is 19.4. The number of hydrogen-bond acceptors (Lipinski definition) is 1. The summed E-state index contributed by atoms with van der Waals surface area (Å²) in [5, 5.41) is 0. The molecule has 2 unspecified atom stereocenters. The molecular formula is C10H5F15O. The van der Waals surface area contributed by atoms with Crippen LogP contribution in [0.2, 0.25) is 0 Å². The van der Waals surface area contributed by atoms with Gasteiger partial charge in [0.25, 0.3) is 5.92 Å². The van der Waals surface area contributed by atoms with Crippen LogP contribution in [0.1, 0.15) is 6.42 Å². The van der Waals surface area contributed by atoms with E-state index < -0.39 is 60.8 Å². The van der Waals surface area contributed by atoms with E-state index in [0.29, 0.717) is 0 Å². The molecular weight excluding hydrogens is 421 g/mol.